The Balaban J connectivity index is 1.56. The highest BCUT2D eigenvalue weighted by atomic mass is 19.1. The smallest absolute Gasteiger partial charge is 0.227 e. The van der Waals surface area contributed by atoms with Crippen LogP contribution in [0.5, 0.6) is 0 Å². The molecule has 1 atom stereocenters. The van der Waals surface area contributed by atoms with Crippen molar-refractivity contribution in [1.82, 2.24) is 9.80 Å². The van der Waals surface area contributed by atoms with Gasteiger partial charge in [-0.2, -0.15) is 0 Å². The highest BCUT2D eigenvalue weighted by Crippen LogP contribution is 2.22. The molecule has 0 radical (unpaired) electrons. The molecule has 2 heterocycles. The minimum absolute atomic E-state index is 0.0171. The number of amides is 1. The van der Waals surface area contributed by atoms with E-state index in [-0.39, 0.29) is 11.8 Å². The molecule has 0 spiro atoms. The molecule has 120 valence electrons. The van der Waals surface area contributed by atoms with Gasteiger partial charge in [0, 0.05) is 32.2 Å². The molecule has 0 saturated carbocycles. The van der Waals surface area contributed by atoms with E-state index in [1.807, 2.05) is 4.90 Å². The topological polar surface area (TPSA) is 32.8 Å². The van der Waals surface area contributed by atoms with E-state index < -0.39 is 11.6 Å². The van der Waals surface area contributed by atoms with Gasteiger partial charge in [0.2, 0.25) is 5.91 Å². The molecule has 2 aliphatic heterocycles. The normalized spacial score (nSPS) is 23.0. The fourth-order valence-electron chi connectivity index (χ4n) is 3.18. The molecule has 0 N–H and O–H groups in total. The number of nitrogens with zero attached hydrogens (tertiary/aromatic N) is 2. The highest BCUT2D eigenvalue weighted by Gasteiger charge is 2.32. The number of hydrogen-bond donors (Lipinski definition) is 0. The first-order valence-corrected chi connectivity index (χ1v) is 7.65. The summed E-state index contributed by atoms with van der Waals surface area (Å²) in [6, 6.07) is 3.57. The van der Waals surface area contributed by atoms with Gasteiger partial charge in [0.05, 0.1) is 19.1 Å². The van der Waals surface area contributed by atoms with E-state index >= 15 is 0 Å². The first-order chi connectivity index (χ1) is 10.6. The van der Waals surface area contributed by atoms with Gasteiger partial charge in [0.1, 0.15) is 11.6 Å². The first-order valence-electron chi connectivity index (χ1n) is 7.65. The quantitative estimate of drug-likeness (QED) is 0.851. The molecule has 4 nitrogen and oxygen atoms in total. The lowest BCUT2D eigenvalue weighted by atomic mass is 10.1. The van der Waals surface area contributed by atoms with Crippen LogP contribution in [-0.2, 0) is 16.1 Å². The zero-order chi connectivity index (χ0) is 15.5. The van der Waals surface area contributed by atoms with Crippen molar-refractivity contribution in [1.29, 1.82) is 0 Å². The number of benzene rings is 1. The number of hydrogen-bond acceptors (Lipinski definition) is 3. The number of carbonyl (C=O) groups is 1. The molecule has 0 bridgehead atoms. The van der Waals surface area contributed by atoms with Gasteiger partial charge in [-0.25, -0.2) is 8.78 Å². The van der Waals surface area contributed by atoms with E-state index in [0.717, 1.165) is 19.0 Å². The van der Waals surface area contributed by atoms with E-state index in [1.165, 1.54) is 12.1 Å². The Morgan fingerprint density at radius 3 is 2.50 bits per heavy atom. The molecule has 0 aromatic heterocycles. The van der Waals surface area contributed by atoms with Crippen molar-refractivity contribution in [3.05, 3.63) is 35.4 Å². The number of morpholine rings is 1. The van der Waals surface area contributed by atoms with Gasteiger partial charge in [-0.3, -0.25) is 9.69 Å². The minimum atomic E-state index is -0.560. The number of carbonyl (C=O) groups excluding carboxylic acids is 1. The number of halogens is 2. The van der Waals surface area contributed by atoms with Crippen molar-refractivity contribution in [2.24, 2.45) is 5.92 Å². The van der Waals surface area contributed by atoms with Crippen LogP contribution in [0.3, 0.4) is 0 Å². The Morgan fingerprint density at radius 1 is 1.14 bits per heavy atom. The fourth-order valence-corrected chi connectivity index (χ4v) is 3.18. The average Bonchev–Trinajstić information content (AvgIpc) is 2.95. The predicted octanol–water partition coefficient (Wildman–Crippen LogP) is 1.65. The number of likely N-dealkylation sites (tertiary alicyclic amines) is 1. The van der Waals surface area contributed by atoms with Crippen LogP contribution in [0.15, 0.2) is 18.2 Å². The fraction of sp³-hybridized carbons (Fsp3) is 0.562. The summed E-state index contributed by atoms with van der Waals surface area (Å²) in [4.78, 5) is 16.4. The molecule has 3 rings (SSSR count). The summed E-state index contributed by atoms with van der Waals surface area (Å²) in [6.45, 7) is 4.42. The van der Waals surface area contributed by atoms with Crippen LogP contribution in [0.4, 0.5) is 8.78 Å². The van der Waals surface area contributed by atoms with Crippen molar-refractivity contribution in [3.63, 3.8) is 0 Å². The lowest BCUT2D eigenvalue weighted by Crippen LogP contribution is -2.44. The van der Waals surface area contributed by atoms with Crippen LogP contribution < -0.4 is 0 Å². The molecule has 22 heavy (non-hydrogen) atoms. The molecule has 2 saturated heterocycles. The van der Waals surface area contributed by atoms with Crippen LogP contribution in [0.25, 0.3) is 0 Å². The summed E-state index contributed by atoms with van der Waals surface area (Å²) in [7, 11) is 0. The second kappa shape index (κ2) is 6.71. The Bertz CT molecular complexity index is 527. The van der Waals surface area contributed by atoms with Crippen molar-refractivity contribution in [2.45, 2.75) is 13.0 Å². The molecule has 1 aromatic rings. The molecule has 1 amide bonds. The number of rotatable bonds is 3. The Morgan fingerprint density at radius 2 is 1.82 bits per heavy atom. The van der Waals surface area contributed by atoms with Crippen LogP contribution in [0.2, 0.25) is 0 Å². The third kappa shape index (κ3) is 3.62. The summed E-state index contributed by atoms with van der Waals surface area (Å²) < 4.78 is 31.7. The molecule has 0 aliphatic carbocycles. The molecule has 1 aromatic carbocycles. The van der Waals surface area contributed by atoms with Crippen LogP contribution in [-0.4, -0.2) is 55.1 Å². The summed E-state index contributed by atoms with van der Waals surface area (Å²) in [6.07, 6.45) is 0.800. The molecule has 2 aliphatic rings. The zero-order valence-electron chi connectivity index (χ0n) is 12.4. The van der Waals surface area contributed by atoms with Crippen LogP contribution in [0.1, 0.15) is 12.0 Å². The maximum atomic E-state index is 13.2. The monoisotopic (exact) mass is 310 g/mol. The largest absolute Gasteiger partial charge is 0.378 e. The van der Waals surface area contributed by atoms with Gasteiger partial charge in [0.25, 0.3) is 0 Å². The van der Waals surface area contributed by atoms with Crippen LogP contribution >= 0.6 is 0 Å². The van der Waals surface area contributed by atoms with Gasteiger partial charge < -0.3 is 9.64 Å². The van der Waals surface area contributed by atoms with Gasteiger partial charge in [-0.1, -0.05) is 0 Å². The van der Waals surface area contributed by atoms with Gasteiger partial charge in [0.15, 0.2) is 0 Å². The summed E-state index contributed by atoms with van der Waals surface area (Å²) in [5, 5.41) is 0. The van der Waals surface area contributed by atoms with E-state index in [1.54, 1.807) is 0 Å². The molecular formula is C16H20F2N2O2. The summed E-state index contributed by atoms with van der Waals surface area (Å²) >= 11 is 0. The van der Waals surface area contributed by atoms with E-state index in [4.69, 9.17) is 4.74 Å². The molecule has 2 fully saturated rings. The second-order valence-electron chi connectivity index (χ2n) is 5.94. The number of ether oxygens (including phenoxy) is 1. The average molecular weight is 310 g/mol. The summed E-state index contributed by atoms with van der Waals surface area (Å²) in [5.74, 6) is -0.960. The standard InChI is InChI=1S/C16H20F2N2O2/c17-14-7-12(8-15(18)9-14)10-19-2-1-13(11-19)16(21)20-3-5-22-6-4-20/h7-9,13H,1-6,10-11H2. The lowest BCUT2D eigenvalue weighted by molar-refractivity contribution is -0.139. The third-order valence-corrected chi connectivity index (χ3v) is 4.27. The Hall–Kier alpha value is -1.53. The predicted molar refractivity (Wildman–Crippen MR) is 77.1 cm³/mol. The highest BCUT2D eigenvalue weighted by molar-refractivity contribution is 5.79. The zero-order valence-corrected chi connectivity index (χ0v) is 12.4. The van der Waals surface area contributed by atoms with E-state index in [9.17, 15) is 13.6 Å². The van der Waals surface area contributed by atoms with Crippen molar-refractivity contribution >= 4 is 5.91 Å². The van der Waals surface area contributed by atoms with Crippen molar-refractivity contribution in [2.75, 3.05) is 39.4 Å². The van der Waals surface area contributed by atoms with Crippen molar-refractivity contribution < 1.29 is 18.3 Å². The van der Waals surface area contributed by atoms with Gasteiger partial charge in [-0.05, 0) is 30.7 Å². The summed E-state index contributed by atoms with van der Waals surface area (Å²) in [5.41, 5.74) is 0.608. The molecule has 6 heteroatoms. The van der Waals surface area contributed by atoms with Crippen LogP contribution in [0, 0.1) is 17.6 Å². The third-order valence-electron chi connectivity index (χ3n) is 4.27. The van der Waals surface area contributed by atoms with E-state index in [2.05, 4.69) is 4.90 Å². The first kappa shape index (κ1) is 15.4. The van der Waals surface area contributed by atoms with Crippen molar-refractivity contribution in [3.8, 4) is 0 Å². The van der Waals surface area contributed by atoms with Gasteiger partial charge >= 0.3 is 0 Å². The van der Waals surface area contributed by atoms with Gasteiger partial charge in [-0.15, -0.1) is 0 Å². The SMILES string of the molecule is O=C(C1CCN(Cc2cc(F)cc(F)c2)C1)N1CCOCC1. The molecular weight excluding hydrogens is 290 g/mol. The minimum Gasteiger partial charge on any atom is -0.378 e. The maximum Gasteiger partial charge on any atom is 0.227 e. The Kier molecular flexibility index (Phi) is 4.69. The molecule has 1 unspecified atom stereocenters. The Labute approximate surface area is 128 Å². The maximum absolute atomic E-state index is 13.2. The second-order valence-corrected chi connectivity index (χ2v) is 5.94. The lowest BCUT2D eigenvalue weighted by Gasteiger charge is -2.29. The van der Waals surface area contributed by atoms with E-state index in [0.29, 0.717) is 45.0 Å².